The van der Waals surface area contributed by atoms with E-state index in [-0.39, 0.29) is 29.8 Å². The smallest absolute Gasteiger partial charge is 0.169 e. The number of methoxy groups -OCH3 is 1. The van der Waals surface area contributed by atoms with E-state index in [1.165, 1.54) is 0 Å². The SMILES string of the molecule is COc1cc(C)c(C(=O)C2C(C)OC(C)C2C)cc1C. The van der Waals surface area contributed by atoms with Gasteiger partial charge in [-0.15, -0.1) is 0 Å². The Balaban J connectivity index is 2.37. The molecule has 1 heterocycles. The second-order valence-corrected chi connectivity index (χ2v) is 5.93. The van der Waals surface area contributed by atoms with Crippen molar-refractivity contribution in [1.82, 2.24) is 0 Å². The number of rotatable bonds is 3. The lowest BCUT2D eigenvalue weighted by atomic mass is 9.82. The average Bonchev–Trinajstić information content (AvgIpc) is 2.65. The molecule has 0 amide bonds. The standard InChI is InChI=1S/C17H24O3/c1-9-8-15(19-6)10(2)7-14(9)17(18)16-11(3)12(4)20-13(16)5/h7-8,11-13,16H,1-6H3. The number of Topliss-reactive ketones (excluding diaryl/α,β-unsaturated/α-hetero) is 1. The molecule has 0 bridgehead atoms. The maximum Gasteiger partial charge on any atom is 0.169 e. The number of carbonyl (C=O) groups is 1. The maximum atomic E-state index is 12.9. The van der Waals surface area contributed by atoms with Crippen molar-refractivity contribution >= 4 is 5.78 Å². The van der Waals surface area contributed by atoms with Crippen LogP contribution in [0, 0.1) is 25.7 Å². The van der Waals surface area contributed by atoms with Crippen molar-refractivity contribution < 1.29 is 14.3 Å². The maximum absolute atomic E-state index is 12.9. The van der Waals surface area contributed by atoms with Crippen LogP contribution in [0.4, 0.5) is 0 Å². The summed E-state index contributed by atoms with van der Waals surface area (Å²) < 4.78 is 11.1. The molecule has 0 spiro atoms. The van der Waals surface area contributed by atoms with Gasteiger partial charge in [-0.3, -0.25) is 4.79 Å². The Morgan fingerprint density at radius 3 is 2.25 bits per heavy atom. The highest BCUT2D eigenvalue weighted by Gasteiger charge is 2.42. The summed E-state index contributed by atoms with van der Waals surface area (Å²) in [5, 5.41) is 0. The van der Waals surface area contributed by atoms with Gasteiger partial charge in [0.15, 0.2) is 5.78 Å². The fourth-order valence-corrected chi connectivity index (χ4v) is 3.17. The fraction of sp³-hybridized carbons (Fsp3) is 0.588. The molecule has 0 N–H and O–H groups in total. The third-order valence-electron chi connectivity index (χ3n) is 4.55. The fourth-order valence-electron chi connectivity index (χ4n) is 3.17. The molecule has 2 rings (SSSR count). The number of hydrogen-bond acceptors (Lipinski definition) is 3. The predicted molar refractivity (Wildman–Crippen MR) is 79.5 cm³/mol. The van der Waals surface area contributed by atoms with Crippen LogP contribution in [0.1, 0.15) is 42.3 Å². The Hall–Kier alpha value is -1.35. The highest BCUT2D eigenvalue weighted by atomic mass is 16.5. The second kappa shape index (κ2) is 5.57. The van der Waals surface area contributed by atoms with Crippen LogP contribution in [0.25, 0.3) is 0 Å². The van der Waals surface area contributed by atoms with Crippen molar-refractivity contribution in [1.29, 1.82) is 0 Å². The van der Waals surface area contributed by atoms with Gasteiger partial charge in [-0.2, -0.15) is 0 Å². The topological polar surface area (TPSA) is 35.5 Å². The molecule has 1 fully saturated rings. The molecule has 3 nitrogen and oxygen atoms in total. The molecule has 4 unspecified atom stereocenters. The minimum absolute atomic E-state index is 0.0192. The van der Waals surface area contributed by atoms with Crippen LogP contribution in [0.2, 0.25) is 0 Å². The summed E-state index contributed by atoms with van der Waals surface area (Å²) in [5.41, 5.74) is 2.76. The van der Waals surface area contributed by atoms with Crippen LogP contribution in [-0.2, 0) is 4.74 Å². The lowest BCUT2D eigenvalue weighted by molar-refractivity contribution is 0.0491. The number of hydrogen-bond donors (Lipinski definition) is 0. The van der Waals surface area contributed by atoms with Gasteiger partial charge in [0, 0.05) is 5.56 Å². The highest BCUT2D eigenvalue weighted by molar-refractivity contribution is 6.00. The van der Waals surface area contributed by atoms with Crippen molar-refractivity contribution in [3.8, 4) is 5.75 Å². The summed E-state index contributed by atoms with van der Waals surface area (Å²) in [7, 11) is 1.65. The van der Waals surface area contributed by atoms with Crippen LogP contribution in [-0.4, -0.2) is 25.1 Å². The summed E-state index contributed by atoms with van der Waals surface area (Å²) in [5.74, 6) is 1.21. The largest absolute Gasteiger partial charge is 0.496 e. The first-order valence-electron chi connectivity index (χ1n) is 7.21. The van der Waals surface area contributed by atoms with E-state index in [1.54, 1.807) is 7.11 Å². The van der Waals surface area contributed by atoms with Crippen LogP contribution in [0.5, 0.6) is 5.75 Å². The van der Waals surface area contributed by atoms with Crippen LogP contribution in [0.15, 0.2) is 12.1 Å². The van der Waals surface area contributed by atoms with Gasteiger partial charge in [0.25, 0.3) is 0 Å². The predicted octanol–water partition coefficient (Wildman–Crippen LogP) is 3.55. The van der Waals surface area contributed by atoms with Gasteiger partial charge in [0.2, 0.25) is 0 Å². The van der Waals surface area contributed by atoms with Crippen molar-refractivity contribution in [2.45, 2.75) is 46.8 Å². The monoisotopic (exact) mass is 276 g/mol. The van der Waals surface area contributed by atoms with E-state index in [0.717, 1.165) is 22.4 Å². The van der Waals surface area contributed by atoms with Crippen LogP contribution < -0.4 is 4.74 Å². The lowest BCUT2D eigenvalue weighted by Crippen LogP contribution is -2.27. The molecule has 0 saturated carbocycles. The molecule has 1 aliphatic heterocycles. The third-order valence-corrected chi connectivity index (χ3v) is 4.55. The number of ether oxygens (including phenoxy) is 2. The van der Waals surface area contributed by atoms with Crippen molar-refractivity contribution in [3.63, 3.8) is 0 Å². The van der Waals surface area contributed by atoms with E-state index >= 15 is 0 Å². The molecule has 1 aliphatic rings. The van der Waals surface area contributed by atoms with E-state index in [0.29, 0.717) is 0 Å². The molecule has 1 aromatic rings. The summed E-state index contributed by atoms with van der Waals surface area (Å²) in [6.45, 7) is 10.1. The Kier molecular flexibility index (Phi) is 4.19. The van der Waals surface area contributed by atoms with Gasteiger partial charge in [0.1, 0.15) is 5.75 Å². The molecule has 0 aromatic heterocycles. The number of ketones is 1. The van der Waals surface area contributed by atoms with Gasteiger partial charge in [0.05, 0.1) is 25.2 Å². The third kappa shape index (κ3) is 2.47. The number of benzene rings is 1. The van der Waals surface area contributed by atoms with E-state index < -0.39 is 0 Å². The van der Waals surface area contributed by atoms with E-state index in [4.69, 9.17) is 9.47 Å². The van der Waals surface area contributed by atoms with E-state index in [1.807, 2.05) is 39.8 Å². The minimum Gasteiger partial charge on any atom is -0.496 e. The van der Waals surface area contributed by atoms with E-state index in [9.17, 15) is 4.79 Å². The quantitative estimate of drug-likeness (QED) is 0.792. The van der Waals surface area contributed by atoms with E-state index in [2.05, 4.69) is 6.92 Å². The van der Waals surface area contributed by atoms with Gasteiger partial charge < -0.3 is 9.47 Å². The van der Waals surface area contributed by atoms with Gasteiger partial charge in [-0.25, -0.2) is 0 Å². The van der Waals surface area contributed by atoms with Crippen LogP contribution >= 0.6 is 0 Å². The molecule has 0 aliphatic carbocycles. The second-order valence-electron chi connectivity index (χ2n) is 5.93. The Labute approximate surface area is 121 Å². The summed E-state index contributed by atoms with van der Waals surface area (Å²) in [4.78, 5) is 12.9. The molecular formula is C17H24O3. The Morgan fingerprint density at radius 2 is 1.75 bits per heavy atom. The van der Waals surface area contributed by atoms with Gasteiger partial charge >= 0.3 is 0 Å². The first kappa shape index (κ1) is 15.0. The lowest BCUT2D eigenvalue weighted by Gasteiger charge is -2.19. The molecule has 1 aromatic carbocycles. The average molecular weight is 276 g/mol. The molecule has 1 saturated heterocycles. The molecule has 110 valence electrons. The number of aryl methyl sites for hydroxylation is 2. The van der Waals surface area contributed by atoms with Crippen molar-refractivity contribution in [3.05, 3.63) is 28.8 Å². The Morgan fingerprint density at radius 1 is 1.10 bits per heavy atom. The molecule has 20 heavy (non-hydrogen) atoms. The van der Waals surface area contributed by atoms with Crippen molar-refractivity contribution in [2.75, 3.05) is 7.11 Å². The first-order valence-corrected chi connectivity index (χ1v) is 7.21. The van der Waals surface area contributed by atoms with Gasteiger partial charge in [-0.1, -0.05) is 6.92 Å². The molecular weight excluding hydrogens is 252 g/mol. The zero-order valence-electron chi connectivity index (χ0n) is 13.2. The molecule has 3 heteroatoms. The molecule has 4 atom stereocenters. The normalized spacial score (nSPS) is 29.5. The minimum atomic E-state index is -0.0588. The summed E-state index contributed by atoms with van der Waals surface area (Å²) >= 11 is 0. The van der Waals surface area contributed by atoms with Crippen molar-refractivity contribution in [2.24, 2.45) is 11.8 Å². The number of carbonyl (C=O) groups excluding carboxylic acids is 1. The van der Waals surface area contributed by atoms with Gasteiger partial charge in [-0.05, 0) is 56.9 Å². The van der Waals surface area contributed by atoms with Crippen LogP contribution in [0.3, 0.4) is 0 Å². The zero-order valence-corrected chi connectivity index (χ0v) is 13.2. The molecule has 0 radical (unpaired) electrons. The zero-order chi connectivity index (χ0) is 15.0. The summed E-state index contributed by atoms with van der Waals surface area (Å²) in [6.07, 6.45) is 0.118. The first-order chi connectivity index (χ1) is 9.36. The highest BCUT2D eigenvalue weighted by Crippen LogP contribution is 2.36. The summed E-state index contributed by atoms with van der Waals surface area (Å²) in [6, 6.07) is 3.88. The Bertz CT molecular complexity index is 521.